The fourth-order valence-electron chi connectivity index (χ4n) is 14.1. The number of carboxylic acids is 1. The Hall–Kier alpha value is -1.40. The predicted molar refractivity (Wildman–Crippen MR) is 193 cm³/mol. The Morgan fingerprint density at radius 1 is 0.917 bits per heavy atom. The number of nitrogens with one attached hydrogen (secondary N) is 2. The van der Waals surface area contributed by atoms with E-state index in [0.717, 1.165) is 37.8 Å². The number of fused-ring (bicyclic) bond motifs is 7. The zero-order valence-electron chi connectivity index (χ0n) is 31.9. The van der Waals surface area contributed by atoms with Crippen LogP contribution in [-0.4, -0.2) is 48.8 Å². The van der Waals surface area contributed by atoms with Crippen molar-refractivity contribution in [3.63, 3.8) is 0 Å². The molecule has 0 spiro atoms. The number of ether oxygens (including phenoxy) is 1. The summed E-state index contributed by atoms with van der Waals surface area (Å²) in [7, 11) is 0. The summed E-state index contributed by atoms with van der Waals surface area (Å²) in [4.78, 5) is 24.8. The second-order valence-corrected chi connectivity index (χ2v) is 20.0. The molecule has 0 aromatic heterocycles. The molecule has 3 N–H and O–H groups in total. The number of esters is 1. The molecular weight excluding hydrogens is 596 g/mol. The number of rotatable bonds is 10. The first-order chi connectivity index (χ1) is 22.4. The second kappa shape index (κ2) is 12.7. The molecule has 0 bridgehead atoms. The minimum absolute atomic E-state index is 0.0844. The van der Waals surface area contributed by atoms with Crippen molar-refractivity contribution in [2.75, 3.05) is 19.6 Å². The fraction of sp³-hybridized carbons (Fsp3) is 0.905. The van der Waals surface area contributed by atoms with E-state index in [-0.39, 0.29) is 29.3 Å². The maximum atomic E-state index is 13.1. The van der Waals surface area contributed by atoms with Gasteiger partial charge in [-0.25, -0.2) is 0 Å². The maximum absolute atomic E-state index is 13.1. The normalized spacial score (nSPS) is 45.0. The van der Waals surface area contributed by atoms with Gasteiger partial charge in [0.25, 0.3) is 0 Å². The molecule has 0 aromatic carbocycles. The molecular formula is C42H70N2O4. The molecule has 5 saturated carbocycles. The van der Waals surface area contributed by atoms with Gasteiger partial charge in [-0.3, -0.25) is 9.59 Å². The van der Waals surface area contributed by atoms with E-state index in [1.165, 1.54) is 82.7 Å². The molecule has 272 valence electrons. The third kappa shape index (κ3) is 5.73. The van der Waals surface area contributed by atoms with E-state index < -0.39 is 11.4 Å². The van der Waals surface area contributed by atoms with E-state index in [1.54, 1.807) is 13.8 Å². The highest BCUT2D eigenvalue weighted by atomic mass is 16.5. The van der Waals surface area contributed by atoms with Crippen LogP contribution in [0, 0.1) is 62.1 Å². The number of carboxylic acid groups (broad SMARTS) is 1. The monoisotopic (exact) mass is 667 g/mol. The maximum Gasteiger partial charge on any atom is 0.309 e. The van der Waals surface area contributed by atoms with Crippen molar-refractivity contribution >= 4 is 11.9 Å². The van der Waals surface area contributed by atoms with Gasteiger partial charge in [-0.15, -0.1) is 0 Å². The summed E-state index contributed by atoms with van der Waals surface area (Å²) in [5.41, 5.74) is 1.46. The van der Waals surface area contributed by atoms with Crippen molar-refractivity contribution in [2.24, 2.45) is 62.1 Å². The first-order valence-electron chi connectivity index (χ1n) is 19.9. The summed E-state index contributed by atoms with van der Waals surface area (Å²) in [6, 6.07) is 0.655. The van der Waals surface area contributed by atoms with Crippen molar-refractivity contribution in [1.82, 2.24) is 10.6 Å². The van der Waals surface area contributed by atoms with E-state index in [4.69, 9.17) is 4.74 Å². The molecule has 0 radical (unpaired) electrons. The van der Waals surface area contributed by atoms with Crippen LogP contribution in [-0.2, 0) is 14.3 Å². The van der Waals surface area contributed by atoms with Gasteiger partial charge in [-0.2, -0.15) is 0 Å². The van der Waals surface area contributed by atoms with Crippen LogP contribution in [0.5, 0.6) is 0 Å². The largest absolute Gasteiger partial charge is 0.481 e. The van der Waals surface area contributed by atoms with Gasteiger partial charge in [0.2, 0.25) is 0 Å². The number of carbonyl (C=O) groups is 2. The van der Waals surface area contributed by atoms with Gasteiger partial charge < -0.3 is 20.5 Å². The van der Waals surface area contributed by atoms with Crippen molar-refractivity contribution < 1.29 is 19.4 Å². The van der Waals surface area contributed by atoms with Crippen molar-refractivity contribution in [1.29, 1.82) is 0 Å². The minimum Gasteiger partial charge on any atom is -0.481 e. The molecule has 11 atom stereocenters. The number of hydrogen-bond donors (Lipinski definition) is 3. The quantitative estimate of drug-likeness (QED) is 0.123. The Balaban J connectivity index is 1.20. The highest BCUT2D eigenvalue weighted by Crippen LogP contribution is 2.78. The van der Waals surface area contributed by atoms with E-state index in [2.05, 4.69) is 58.8 Å². The molecule has 1 saturated heterocycles. The Labute approximate surface area is 292 Å². The van der Waals surface area contributed by atoms with Gasteiger partial charge in [0.15, 0.2) is 0 Å². The Kier molecular flexibility index (Phi) is 9.61. The summed E-state index contributed by atoms with van der Waals surface area (Å²) in [5.74, 6) is 2.02. The first-order valence-corrected chi connectivity index (χ1v) is 19.9. The van der Waals surface area contributed by atoms with Crippen LogP contribution in [0.2, 0.25) is 0 Å². The van der Waals surface area contributed by atoms with Crippen molar-refractivity contribution in [3.8, 4) is 0 Å². The molecule has 1 aliphatic heterocycles. The number of allylic oxidation sites excluding steroid dienone is 1. The smallest absolute Gasteiger partial charge is 0.309 e. The van der Waals surface area contributed by atoms with Crippen LogP contribution in [0.1, 0.15) is 145 Å². The van der Waals surface area contributed by atoms with Gasteiger partial charge in [0.05, 0.1) is 11.8 Å². The Morgan fingerprint density at radius 3 is 2.33 bits per heavy atom. The van der Waals surface area contributed by atoms with E-state index in [9.17, 15) is 14.7 Å². The van der Waals surface area contributed by atoms with E-state index >= 15 is 0 Å². The lowest BCUT2D eigenvalue weighted by Crippen LogP contribution is -2.66. The van der Waals surface area contributed by atoms with Gasteiger partial charge >= 0.3 is 11.9 Å². The lowest BCUT2D eigenvalue weighted by molar-refractivity contribution is -0.250. The summed E-state index contributed by atoms with van der Waals surface area (Å²) in [5, 5.41) is 17.2. The lowest BCUT2D eigenvalue weighted by atomic mass is 9.32. The van der Waals surface area contributed by atoms with Crippen molar-refractivity contribution in [3.05, 3.63) is 12.2 Å². The molecule has 0 aromatic rings. The SMILES string of the molecule is C=C(C)C1CC[C@]2(CCNCC3CCCN3)CC[C@]3(C)[C@H](CC[C@@H]4[C@@]5(C)CC[C@H](OC(=O)CC(C)(C)C(=O)O)C(C)(C)[C@@H]5CC[C@]43C)[C@@H]12. The van der Waals surface area contributed by atoms with Gasteiger partial charge in [0, 0.05) is 18.0 Å². The van der Waals surface area contributed by atoms with E-state index in [1.807, 2.05) is 0 Å². The number of aliphatic carboxylic acids is 1. The van der Waals surface area contributed by atoms with Crippen molar-refractivity contribution in [2.45, 2.75) is 157 Å². The van der Waals surface area contributed by atoms with Crippen LogP contribution in [0.4, 0.5) is 0 Å². The molecule has 1 heterocycles. The Morgan fingerprint density at radius 2 is 1.67 bits per heavy atom. The second-order valence-electron chi connectivity index (χ2n) is 20.0. The number of carbonyl (C=O) groups excluding carboxylic acids is 1. The van der Waals surface area contributed by atoms with Gasteiger partial charge in [0.1, 0.15) is 6.10 Å². The third-order valence-electron chi connectivity index (χ3n) is 17.0. The number of hydrogen-bond acceptors (Lipinski definition) is 5. The third-order valence-corrected chi connectivity index (χ3v) is 17.0. The molecule has 0 amide bonds. The highest BCUT2D eigenvalue weighted by Gasteiger charge is 2.71. The molecule has 5 aliphatic carbocycles. The van der Waals surface area contributed by atoms with Crippen LogP contribution in [0.25, 0.3) is 0 Å². The molecule has 2 unspecified atom stereocenters. The molecule has 6 fully saturated rings. The van der Waals surface area contributed by atoms with Crippen LogP contribution < -0.4 is 10.6 Å². The molecule has 6 nitrogen and oxygen atoms in total. The summed E-state index contributed by atoms with van der Waals surface area (Å²) >= 11 is 0. The lowest BCUT2D eigenvalue weighted by Gasteiger charge is -2.73. The van der Waals surface area contributed by atoms with Crippen LogP contribution >= 0.6 is 0 Å². The topological polar surface area (TPSA) is 87.7 Å². The average Bonchev–Trinajstić information content (AvgIpc) is 3.65. The minimum atomic E-state index is -1.12. The van der Waals surface area contributed by atoms with Gasteiger partial charge in [-0.1, -0.05) is 46.8 Å². The molecule has 6 rings (SSSR count). The molecule has 48 heavy (non-hydrogen) atoms. The standard InChI is InChI=1S/C42H70N2O4/c1-27(2)29-14-19-42(22-24-43-26-28-11-10-23-44-28)21-20-40(8)30(35(29)42)12-13-32-39(7)17-16-33(48-34(45)25-37(3,4)36(46)47)38(5,6)31(39)15-18-41(32,40)9/h28-33,35,43-44H,1,10-26H2,2-9H3,(H,46,47)/t28?,29?,30-,31+,32-,33+,35-,39+,40-,41-,42-/m1/s1. The zero-order chi connectivity index (χ0) is 34.9. The van der Waals surface area contributed by atoms with Crippen LogP contribution in [0.3, 0.4) is 0 Å². The molecule has 6 aliphatic rings. The van der Waals surface area contributed by atoms with Crippen LogP contribution in [0.15, 0.2) is 12.2 Å². The summed E-state index contributed by atoms with van der Waals surface area (Å²) < 4.78 is 6.20. The summed E-state index contributed by atoms with van der Waals surface area (Å²) in [6.45, 7) is 26.4. The zero-order valence-corrected chi connectivity index (χ0v) is 31.9. The van der Waals surface area contributed by atoms with Gasteiger partial charge in [-0.05, 0) is 169 Å². The molecule has 6 heteroatoms. The first kappa shape index (κ1) is 36.4. The average molecular weight is 667 g/mol. The highest BCUT2D eigenvalue weighted by molar-refractivity contribution is 5.81. The fourth-order valence-corrected chi connectivity index (χ4v) is 14.1. The van der Waals surface area contributed by atoms with E-state index in [0.29, 0.717) is 40.0 Å². The predicted octanol–water partition coefficient (Wildman–Crippen LogP) is 8.79. The Bertz CT molecular complexity index is 1250. The summed E-state index contributed by atoms with van der Waals surface area (Å²) in [6.07, 6.45) is 16.2.